The normalized spacial score (nSPS) is 16.2. The monoisotopic (exact) mass is 442 g/mol. The predicted octanol–water partition coefficient (Wildman–Crippen LogP) is 7.17. The van der Waals surface area contributed by atoms with Gasteiger partial charge in [-0.2, -0.15) is 0 Å². The van der Waals surface area contributed by atoms with Crippen LogP contribution in [0.3, 0.4) is 0 Å². The third-order valence-electron chi connectivity index (χ3n) is 6.92. The van der Waals surface area contributed by atoms with E-state index in [1.807, 2.05) is 0 Å². The maximum Gasteiger partial charge on any atom is 0.361 e. The molecule has 0 radical (unpaired) electrons. The quantitative estimate of drug-likeness (QED) is 0.125. The van der Waals surface area contributed by atoms with Crippen LogP contribution in [0.1, 0.15) is 95.6 Å². The fraction of sp³-hybridized carbons (Fsp3) is 0.690. The second-order valence-corrected chi connectivity index (χ2v) is 10.1. The van der Waals surface area contributed by atoms with Crippen LogP contribution in [0.5, 0.6) is 0 Å². The minimum Gasteiger partial charge on any atom is -0.462 e. The zero-order chi connectivity index (χ0) is 23.1. The van der Waals surface area contributed by atoms with Crippen LogP contribution in [0.15, 0.2) is 35.9 Å². The van der Waals surface area contributed by atoms with Crippen molar-refractivity contribution < 1.29 is 14.0 Å². The highest BCUT2D eigenvalue weighted by atomic mass is 16.5. The Hall–Kier alpha value is -1.61. The van der Waals surface area contributed by atoms with Crippen LogP contribution in [-0.4, -0.2) is 43.2 Å². The van der Waals surface area contributed by atoms with Gasteiger partial charge in [0.25, 0.3) is 0 Å². The second-order valence-electron chi connectivity index (χ2n) is 10.1. The highest BCUT2D eigenvalue weighted by Gasteiger charge is 2.32. The van der Waals surface area contributed by atoms with E-state index in [9.17, 15) is 4.79 Å². The molecule has 1 aliphatic rings. The minimum absolute atomic E-state index is 0.000525. The van der Waals surface area contributed by atoms with Crippen LogP contribution >= 0.6 is 0 Å². The van der Waals surface area contributed by atoms with Gasteiger partial charge in [-0.3, -0.25) is 0 Å². The summed E-state index contributed by atoms with van der Waals surface area (Å²) in [5.41, 5.74) is 4.06. The number of aryl methyl sites for hydroxylation is 1. The molecule has 0 unspecified atom stereocenters. The molecule has 0 saturated carbocycles. The Morgan fingerprint density at radius 2 is 1.56 bits per heavy atom. The zero-order valence-corrected chi connectivity index (χ0v) is 21.2. The summed E-state index contributed by atoms with van der Waals surface area (Å²) in [5, 5.41) is 0. The molecule has 1 heterocycles. The molecular weight excluding hydrogens is 394 g/mol. The Labute approximate surface area is 197 Å². The number of allylic oxidation sites excluding steroid dienone is 1. The molecule has 180 valence electrons. The van der Waals surface area contributed by atoms with E-state index in [0.29, 0.717) is 13.2 Å². The molecule has 1 aromatic carbocycles. The van der Waals surface area contributed by atoms with Crippen molar-refractivity contribution in [2.75, 3.05) is 32.8 Å². The number of nitrogens with zero attached hydrogens (tertiary/aromatic N) is 1. The summed E-state index contributed by atoms with van der Waals surface area (Å²) in [7, 11) is 0. The predicted molar refractivity (Wildman–Crippen MR) is 136 cm³/mol. The number of unbranched alkanes of at least 4 members (excludes halogenated alkanes) is 7. The van der Waals surface area contributed by atoms with E-state index in [4.69, 9.17) is 4.74 Å². The molecule has 1 aliphatic heterocycles. The van der Waals surface area contributed by atoms with Gasteiger partial charge >= 0.3 is 5.97 Å². The molecule has 0 amide bonds. The zero-order valence-electron chi connectivity index (χ0n) is 21.2. The number of quaternary nitrogens is 1. The van der Waals surface area contributed by atoms with Gasteiger partial charge in [-0.15, -0.1) is 0 Å². The average Bonchev–Trinajstić information content (AvgIpc) is 2.79. The Balaban J connectivity index is 1.73. The lowest BCUT2D eigenvalue weighted by molar-refractivity contribution is -0.920. The van der Waals surface area contributed by atoms with Crippen molar-refractivity contribution in [3.05, 3.63) is 47.0 Å². The van der Waals surface area contributed by atoms with Crippen LogP contribution in [0.2, 0.25) is 0 Å². The third kappa shape index (κ3) is 10.8. The van der Waals surface area contributed by atoms with Crippen LogP contribution in [0, 0.1) is 6.92 Å². The van der Waals surface area contributed by atoms with Gasteiger partial charge in [0, 0.05) is 0 Å². The third-order valence-corrected chi connectivity index (χ3v) is 6.92. The molecule has 0 aliphatic carbocycles. The summed E-state index contributed by atoms with van der Waals surface area (Å²) >= 11 is 0. The van der Waals surface area contributed by atoms with Gasteiger partial charge in [-0.25, -0.2) is 4.79 Å². The van der Waals surface area contributed by atoms with E-state index in [0.717, 1.165) is 37.0 Å². The lowest BCUT2D eigenvalue weighted by Gasteiger charge is -2.40. The number of benzene rings is 1. The number of piperidine rings is 1. The summed E-state index contributed by atoms with van der Waals surface area (Å²) in [4.78, 5) is 12.6. The molecule has 0 spiro atoms. The Bertz CT molecular complexity index is 671. The topological polar surface area (TPSA) is 26.3 Å². The summed E-state index contributed by atoms with van der Waals surface area (Å²) in [6, 6.07) is 8.81. The standard InChI is InChI=1S/C29H48NO2/c1-4-5-6-7-8-9-10-14-23-32-29(31)25-30(20-12-11-13-21-30)22-19-27(3)24-28-17-15-26(2)16-18-28/h15-19H,4-14,20-25H2,1-3H3/q+1/b27-19+. The first-order valence-corrected chi connectivity index (χ1v) is 13.2. The van der Waals surface area contributed by atoms with Crippen molar-refractivity contribution in [1.82, 2.24) is 0 Å². The van der Waals surface area contributed by atoms with E-state index in [1.165, 1.54) is 80.9 Å². The van der Waals surface area contributed by atoms with Crippen LogP contribution < -0.4 is 0 Å². The average molecular weight is 443 g/mol. The highest BCUT2D eigenvalue weighted by Crippen LogP contribution is 2.20. The number of hydrogen-bond donors (Lipinski definition) is 0. The second kappa shape index (κ2) is 15.3. The van der Waals surface area contributed by atoms with E-state index in [-0.39, 0.29) is 5.97 Å². The molecule has 3 heteroatoms. The van der Waals surface area contributed by atoms with Gasteiger partial charge in [0.15, 0.2) is 6.54 Å². The van der Waals surface area contributed by atoms with Crippen LogP contribution in [0.4, 0.5) is 0 Å². The lowest BCUT2D eigenvalue weighted by Crippen LogP contribution is -2.54. The minimum atomic E-state index is -0.000525. The number of hydrogen-bond acceptors (Lipinski definition) is 2. The largest absolute Gasteiger partial charge is 0.462 e. The molecule has 0 N–H and O–H groups in total. The molecule has 2 rings (SSSR count). The molecule has 32 heavy (non-hydrogen) atoms. The smallest absolute Gasteiger partial charge is 0.361 e. The molecule has 0 atom stereocenters. The number of likely N-dealkylation sites (tertiary alicyclic amines) is 1. The molecule has 1 saturated heterocycles. The van der Waals surface area contributed by atoms with Gasteiger partial charge < -0.3 is 9.22 Å². The Morgan fingerprint density at radius 1 is 0.938 bits per heavy atom. The summed E-state index contributed by atoms with van der Waals surface area (Å²) in [6.07, 6.45) is 17.3. The van der Waals surface area contributed by atoms with Crippen molar-refractivity contribution in [3.63, 3.8) is 0 Å². The molecule has 0 bridgehead atoms. The first kappa shape index (κ1) is 26.6. The van der Waals surface area contributed by atoms with Gasteiger partial charge in [-0.1, -0.05) is 87.3 Å². The molecular formula is C29H48NO2+. The molecule has 3 nitrogen and oxygen atoms in total. The van der Waals surface area contributed by atoms with Crippen LogP contribution in [0.25, 0.3) is 0 Å². The van der Waals surface area contributed by atoms with E-state index in [1.54, 1.807) is 0 Å². The lowest BCUT2D eigenvalue weighted by atomic mass is 10.0. The number of carbonyl (C=O) groups is 1. The fourth-order valence-electron chi connectivity index (χ4n) is 4.78. The number of rotatable bonds is 15. The Kier molecular flexibility index (Phi) is 12.7. The molecule has 1 fully saturated rings. The summed E-state index contributed by atoms with van der Waals surface area (Å²) in [5.74, 6) is -0.000525. The van der Waals surface area contributed by atoms with Crippen molar-refractivity contribution in [2.24, 2.45) is 0 Å². The van der Waals surface area contributed by atoms with Gasteiger partial charge in [-0.05, 0) is 57.6 Å². The van der Waals surface area contributed by atoms with Gasteiger partial charge in [0.2, 0.25) is 0 Å². The number of esters is 1. The van der Waals surface area contributed by atoms with Crippen molar-refractivity contribution in [3.8, 4) is 0 Å². The summed E-state index contributed by atoms with van der Waals surface area (Å²) < 4.78 is 6.53. The Morgan fingerprint density at radius 3 is 2.22 bits per heavy atom. The van der Waals surface area contributed by atoms with E-state index < -0.39 is 0 Å². The first-order chi connectivity index (χ1) is 15.5. The summed E-state index contributed by atoms with van der Waals surface area (Å²) in [6.45, 7) is 10.9. The SMILES string of the molecule is CCCCCCCCCCOC(=O)C[N+]1(C/C=C(\C)Cc2ccc(C)cc2)CCCCC1. The van der Waals surface area contributed by atoms with Gasteiger partial charge in [0.1, 0.15) is 0 Å². The van der Waals surface area contributed by atoms with Crippen molar-refractivity contribution >= 4 is 5.97 Å². The van der Waals surface area contributed by atoms with Crippen molar-refractivity contribution in [1.29, 1.82) is 0 Å². The van der Waals surface area contributed by atoms with Crippen LogP contribution in [-0.2, 0) is 16.0 Å². The molecule has 0 aromatic heterocycles. The fourth-order valence-corrected chi connectivity index (χ4v) is 4.78. The maximum absolute atomic E-state index is 12.6. The van der Waals surface area contributed by atoms with E-state index in [2.05, 4.69) is 51.1 Å². The highest BCUT2D eigenvalue weighted by molar-refractivity contribution is 5.70. The maximum atomic E-state index is 12.6. The molecule has 1 aromatic rings. The first-order valence-electron chi connectivity index (χ1n) is 13.2. The van der Waals surface area contributed by atoms with E-state index >= 15 is 0 Å². The number of ether oxygens (including phenoxy) is 1. The number of carbonyl (C=O) groups excluding carboxylic acids is 1. The van der Waals surface area contributed by atoms with Crippen molar-refractivity contribution in [2.45, 2.75) is 97.8 Å². The van der Waals surface area contributed by atoms with Gasteiger partial charge in [0.05, 0.1) is 26.2 Å².